The first-order valence-electron chi connectivity index (χ1n) is 3.12. The molecular weight excluding hydrogens is 166 g/mol. The van der Waals surface area contributed by atoms with Crippen LogP contribution in [0.3, 0.4) is 0 Å². The van der Waals surface area contributed by atoms with Crippen molar-refractivity contribution in [1.29, 1.82) is 0 Å². The summed E-state index contributed by atoms with van der Waals surface area (Å²) in [6, 6.07) is 1.41. The van der Waals surface area contributed by atoms with Gasteiger partial charge in [-0.1, -0.05) is 0 Å². The lowest BCUT2D eigenvalue weighted by molar-refractivity contribution is 0.556. The maximum Gasteiger partial charge on any atom is 0.182 e. The Hall–Kier alpha value is -0.810. The van der Waals surface area contributed by atoms with Gasteiger partial charge in [0.1, 0.15) is 11.2 Å². The fraction of sp³-hybridized carbons (Fsp3) is 0.333. The maximum absolute atomic E-state index is 11.2. The van der Waals surface area contributed by atoms with Crippen LogP contribution in [0.25, 0.3) is 0 Å². The van der Waals surface area contributed by atoms with Gasteiger partial charge in [0.15, 0.2) is 9.84 Å². The molecule has 0 aliphatic carbocycles. The van der Waals surface area contributed by atoms with Crippen molar-refractivity contribution >= 4 is 9.84 Å². The van der Waals surface area contributed by atoms with Crippen molar-refractivity contribution in [2.45, 2.75) is 4.90 Å². The molecule has 62 valence electrons. The SMILES string of the molecule is NCCS(=O)(=O)c1ccoc1. The normalized spacial score (nSPS) is 11.7. The van der Waals surface area contributed by atoms with Gasteiger partial charge in [-0.2, -0.15) is 0 Å². The van der Waals surface area contributed by atoms with Gasteiger partial charge in [0.05, 0.1) is 12.0 Å². The fourth-order valence-corrected chi connectivity index (χ4v) is 1.71. The van der Waals surface area contributed by atoms with Crippen molar-refractivity contribution < 1.29 is 12.8 Å². The minimum absolute atomic E-state index is 0.0352. The Bertz CT molecular complexity index is 301. The minimum Gasteiger partial charge on any atom is -0.471 e. The predicted octanol–water partition coefficient (Wildman–Crippen LogP) is 0.0120. The molecule has 0 aliphatic heterocycles. The molecule has 0 aliphatic rings. The molecule has 0 bridgehead atoms. The van der Waals surface area contributed by atoms with Crippen molar-refractivity contribution in [3.8, 4) is 0 Å². The molecule has 0 fully saturated rings. The van der Waals surface area contributed by atoms with Crippen molar-refractivity contribution in [1.82, 2.24) is 0 Å². The number of hydrogen-bond donors (Lipinski definition) is 1. The number of rotatable bonds is 3. The minimum atomic E-state index is -3.19. The Labute approximate surface area is 64.9 Å². The van der Waals surface area contributed by atoms with Crippen molar-refractivity contribution in [2.24, 2.45) is 5.73 Å². The molecular formula is C6H9NO3S. The van der Waals surface area contributed by atoms with Crippen LogP contribution in [-0.4, -0.2) is 20.7 Å². The van der Waals surface area contributed by atoms with E-state index in [0.29, 0.717) is 0 Å². The Kier molecular flexibility index (Phi) is 2.31. The van der Waals surface area contributed by atoms with Crippen LogP contribution in [0, 0.1) is 0 Å². The van der Waals surface area contributed by atoms with Crippen molar-refractivity contribution in [3.63, 3.8) is 0 Å². The van der Waals surface area contributed by atoms with Gasteiger partial charge >= 0.3 is 0 Å². The highest BCUT2D eigenvalue weighted by molar-refractivity contribution is 7.91. The van der Waals surface area contributed by atoms with E-state index in [1.54, 1.807) is 0 Å². The number of sulfone groups is 1. The lowest BCUT2D eigenvalue weighted by Crippen LogP contribution is -2.15. The van der Waals surface area contributed by atoms with E-state index < -0.39 is 9.84 Å². The first-order valence-corrected chi connectivity index (χ1v) is 4.77. The van der Waals surface area contributed by atoms with Crippen LogP contribution in [0.4, 0.5) is 0 Å². The molecule has 0 atom stereocenters. The molecule has 0 saturated carbocycles. The van der Waals surface area contributed by atoms with E-state index in [4.69, 9.17) is 5.73 Å². The van der Waals surface area contributed by atoms with E-state index in [1.165, 1.54) is 18.6 Å². The fourth-order valence-electron chi connectivity index (χ4n) is 0.702. The van der Waals surface area contributed by atoms with Crippen LogP contribution in [0.5, 0.6) is 0 Å². The summed E-state index contributed by atoms with van der Waals surface area (Å²) in [5, 5.41) is 0. The molecule has 5 heteroatoms. The topological polar surface area (TPSA) is 73.3 Å². The van der Waals surface area contributed by atoms with Gasteiger partial charge in [0.2, 0.25) is 0 Å². The smallest absolute Gasteiger partial charge is 0.182 e. The third kappa shape index (κ3) is 1.81. The first-order chi connectivity index (χ1) is 5.17. The van der Waals surface area contributed by atoms with Crippen LogP contribution in [0.2, 0.25) is 0 Å². The van der Waals surface area contributed by atoms with Gasteiger partial charge in [-0.3, -0.25) is 0 Å². The van der Waals surface area contributed by atoms with Crippen LogP contribution < -0.4 is 5.73 Å². The molecule has 1 aromatic rings. The number of hydrogen-bond acceptors (Lipinski definition) is 4. The van der Waals surface area contributed by atoms with Crippen molar-refractivity contribution in [3.05, 3.63) is 18.6 Å². The summed E-state index contributed by atoms with van der Waals surface area (Å²) >= 11 is 0. The average molecular weight is 175 g/mol. The Morgan fingerprint density at radius 1 is 1.55 bits per heavy atom. The largest absolute Gasteiger partial charge is 0.471 e. The molecule has 1 aromatic heterocycles. The zero-order valence-corrected chi connectivity index (χ0v) is 6.67. The lowest BCUT2D eigenvalue weighted by atomic mass is 10.7. The summed E-state index contributed by atoms with van der Waals surface area (Å²) in [5.41, 5.74) is 5.11. The summed E-state index contributed by atoms with van der Waals surface area (Å²) < 4.78 is 26.9. The monoisotopic (exact) mass is 175 g/mol. The zero-order valence-electron chi connectivity index (χ0n) is 5.86. The second-order valence-electron chi connectivity index (χ2n) is 2.07. The quantitative estimate of drug-likeness (QED) is 0.702. The molecule has 0 amide bonds. The molecule has 0 unspecified atom stereocenters. The number of nitrogens with two attached hydrogens (primary N) is 1. The third-order valence-corrected chi connectivity index (χ3v) is 2.96. The molecule has 4 nitrogen and oxygen atoms in total. The lowest BCUT2D eigenvalue weighted by Gasteiger charge is -1.95. The Balaban J connectivity index is 2.92. The first kappa shape index (κ1) is 8.29. The van der Waals surface area contributed by atoms with Gasteiger partial charge in [-0.05, 0) is 6.07 Å². The predicted molar refractivity (Wildman–Crippen MR) is 39.8 cm³/mol. The Morgan fingerprint density at radius 3 is 2.73 bits per heavy atom. The summed E-state index contributed by atoms with van der Waals surface area (Å²) in [4.78, 5) is 0.197. The summed E-state index contributed by atoms with van der Waals surface area (Å²) in [7, 11) is -3.19. The third-order valence-electron chi connectivity index (χ3n) is 1.24. The molecule has 1 rings (SSSR count). The van der Waals surface area contributed by atoms with E-state index in [0.717, 1.165) is 0 Å². The Morgan fingerprint density at radius 2 is 2.27 bits per heavy atom. The standard InChI is InChI=1S/C6H9NO3S/c7-2-4-11(8,9)6-1-3-10-5-6/h1,3,5H,2,4,7H2. The van der Waals surface area contributed by atoms with Gasteiger partial charge in [-0.25, -0.2) is 8.42 Å². The molecule has 0 aromatic carbocycles. The number of furan rings is 1. The van der Waals surface area contributed by atoms with E-state index in [9.17, 15) is 8.42 Å². The van der Waals surface area contributed by atoms with Crippen LogP contribution in [-0.2, 0) is 9.84 Å². The van der Waals surface area contributed by atoms with Gasteiger partial charge < -0.3 is 10.2 Å². The molecule has 2 N–H and O–H groups in total. The van der Waals surface area contributed by atoms with E-state index in [2.05, 4.69) is 4.42 Å². The summed E-state index contributed by atoms with van der Waals surface area (Å²) in [5.74, 6) is -0.0352. The highest BCUT2D eigenvalue weighted by atomic mass is 32.2. The second kappa shape index (κ2) is 3.06. The molecule has 1 heterocycles. The summed E-state index contributed by atoms with van der Waals surface area (Å²) in [6.07, 6.45) is 2.52. The highest BCUT2D eigenvalue weighted by Crippen LogP contribution is 2.09. The average Bonchev–Trinajstić information content (AvgIpc) is 2.37. The summed E-state index contributed by atoms with van der Waals surface area (Å²) in [6.45, 7) is 0.132. The molecule has 0 saturated heterocycles. The van der Waals surface area contributed by atoms with Gasteiger partial charge in [0.25, 0.3) is 0 Å². The van der Waals surface area contributed by atoms with Crippen molar-refractivity contribution in [2.75, 3.05) is 12.3 Å². The van der Waals surface area contributed by atoms with Crippen LogP contribution >= 0.6 is 0 Å². The van der Waals surface area contributed by atoms with E-state index >= 15 is 0 Å². The molecule has 11 heavy (non-hydrogen) atoms. The highest BCUT2D eigenvalue weighted by Gasteiger charge is 2.13. The van der Waals surface area contributed by atoms with E-state index in [-0.39, 0.29) is 17.2 Å². The zero-order chi connectivity index (χ0) is 8.32. The van der Waals surface area contributed by atoms with Gasteiger partial charge in [0, 0.05) is 6.54 Å². The van der Waals surface area contributed by atoms with Gasteiger partial charge in [-0.15, -0.1) is 0 Å². The van der Waals surface area contributed by atoms with E-state index in [1.807, 2.05) is 0 Å². The van der Waals surface area contributed by atoms with Crippen LogP contribution in [0.15, 0.2) is 27.9 Å². The second-order valence-corrected chi connectivity index (χ2v) is 4.18. The molecule has 0 radical (unpaired) electrons. The van der Waals surface area contributed by atoms with Crippen LogP contribution in [0.1, 0.15) is 0 Å². The maximum atomic E-state index is 11.2. The molecule has 0 spiro atoms.